The number of benzene rings is 2. The van der Waals surface area contributed by atoms with Crippen LogP contribution in [0.4, 0.5) is 10.7 Å². The van der Waals surface area contributed by atoms with E-state index in [1.54, 1.807) is 36.3 Å². The number of aryl methyl sites for hydroxylation is 1. The van der Waals surface area contributed by atoms with Crippen LogP contribution in [0.2, 0.25) is 5.02 Å². The molecule has 0 saturated carbocycles. The van der Waals surface area contributed by atoms with Gasteiger partial charge < -0.3 is 4.74 Å². The standard InChI is InChI=1S/C25H21ClN2O5S/c1-13-14(2)34-24(18(13)25(31)32-3)27-22(29)19-20(15-7-5-4-6-8-15)28(33-21(19)23(27)30)17-11-9-16(26)10-12-17/h4-12,19-21H,1-3H3/t19-,20-,21-/m1/s1. The van der Waals surface area contributed by atoms with Crippen LogP contribution in [-0.2, 0) is 19.2 Å². The van der Waals surface area contributed by atoms with Crippen LogP contribution in [0.5, 0.6) is 0 Å². The van der Waals surface area contributed by atoms with E-state index in [1.807, 2.05) is 37.3 Å². The summed E-state index contributed by atoms with van der Waals surface area (Å²) >= 11 is 7.28. The first-order valence-electron chi connectivity index (χ1n) is 10.7. The molecular weight excluding hydrogens is 476 g/mol. The number of nitrogens with zero attached hydrogens (tertiary/aromatic N) is 2. The topological polar surface area (TPSA) is 76.2 Å². The number of imide groups is 1. The van der Waals surface area contributed by atoms with E-state index in [2.05, 4.69) is 0 Å². The number of hydrogen-bond donors (Lipinski definition) is 0. The highest BCUT2D eigenvalue weighted by Crippen LogP contribution is 2.49. The maximum Gasteiger partial charge on any atom is 0.341 e. The van der Waals surface area contributed by atoms with Crippen LogP contribution in [0, 0.1) is 19.8 Å². The first kappa shape index (κ1) is 22.6. The number of rotatable bonds is 4. The Balaban J connectivity index is 1.60. The summed E-state index contributed by atoms with van der Waals surface area (Å²) in [7, 11) is 1.28. The maximum absolute atomic E-state index is 13.8. The molecule has 2 saturated heterocycles. The Labute approximate surface area is 205 Å². The summed E-state index contributed by atoms with van der Waals surface area (Å²) in [5.41, 5.74) is 2.43. The number of fused-ring (bicyclic) bond motifs is 1. The van der Waals surface area contributed by atoms with Crippen molar-refractivity contribution in [1.29, 1.82) is 0 Å². The van der Waals surface area contributed by atoms with Gasteiger partial charge in [-0.3, -0.25) is 14.4 Å². The number of carbonyl (C=O) groups is 3. The molecule has 3 heterocycles. The minimum atomic E-state index is -1.03. The van der Waals surface area contributed by atoms with Crippen molar-refractivity contribution in [1.82, 2.24) is 0 Å². The lowest BCUT2D eigenvalue weighted by Gasteiger charge is -2.28. The predicted molar refractivity (Wildman–Crippen MR) is 129 cm³/mol. The molecule has 3 aromatic rings. The Hall–Kier alpha value is -3.20. The molecule has 9 heteroatoms. The van der Waals surface area contributed by atoms with Crippen LogP contribution in [0.25, 0.3) is 0 Å². The molecule has 34 heavy (non-hydrogen) atoms. The van der Waals surface area contributed by atoms with Gasteiger partial charge in [0.2, 0.25) is 5.91 Å². The van der Waals surface area contributed by atoms with Crippen molar-refractivity contribution < 1.29 is 24.0 Å². The Morgan fingerprint density at radius 3 is 2.35 bits per heavy atom. The predicted octanol–water partition coefficient (Wildman–Crippen LogP) is 4.86. The van der Waals surface area contributed by atoms with E-state index < -0.39 is 35.8 Å². The van der Waals surface area contributed by atoms with E-state index in [1.165, 1.54) is 18.4 Å². The Morgan fingerprint density at radius 1 is 1.03 bits per heavy atom. The van der Waals surface area contributed by atoms with Crippen molar-refractivity contribution in [2.75, 3.05) is 17.1 Å². The van der Waals surface area contributed by atoms with Crippen molar-refractivity contribution in [3.8, 4) is 0 Å². The van der Waals surface area contributed by atoms with E-state index in [0.29, 0.717) is 16.3 Å². The second-order valence-corrected chi connectivity index (χ2v) is 9.82. The number of methoxy groups -OCH3 is 1. The van der Waals surface area contributed by atoms with Gasteiger partial charge in [0, 0.05) is 9.90 Å². The summed E-state index contributed by atoms with van der Waals surface area (Å²) in [4.78, 5) is 48.0. The normalized spacial score (nSPS) is 21.8. The highest BCUT2D eigenvalue weighted by Gasteiger charge is 2.61. The number of ether oxygens (including phenoxy) is 1. The van der Waals surface area contributed by atoms with E-state index in [4.69, 9.17) is 21.2 Å². The fourth-order valence-electron chi connectivity index (χ4n) is 4.52. The van der Waals surface area contributed by atoms with Crippen molar-refractivity contribution in [2.45, 2.75) is 26.0 Å². The highest BCUT2D eigenvalue weighted by molar-refractivity contribution is 7.17. The molecule has 174 valence electrons. The summed E-state index contributed by atoms with van der Waals surface area (Å²) in [6.45, 7) is 3.62. The maximum atomic E-state index is 13.8. The molecule has 2 aliphatic heterocycles. The van der Waals surface area contributed by atoms with Gasteiger partial charge in [-0.05, 0) is 49.2 Å². The van der Waals surface area contributed by atoms with Gasteiger partial charge in [-0.2, -0.15) is 0 Å². The van der Waals surface area contributed by atoms with Gasteiger partial charge in [-0.15, -0.1) is 11.3 Å². The summed E-state index contributed by atoms with van der Waals surface area (Å²) in [6, 6.07) is 15.9. The summed E-state index contributed by atoms with van der Waals surface area (Å²) in [5, 5.41) is 2.46. The number of hydrogen-bond acceptors (Lipinski definition) is 7. The first-order chi connectivity index (χ1) is 16.3. The third-order valence-electron chi connectivity index (χ3n) is 6.30. The Kier molecular flexibility index (Phi) is 5.67. The average molecular weight is 497 g/mol. The number of carbonyl (C=O) groups excluding carboxylic acids is 3. The van der Waals surface area contributed by atoms with E-state index in [0.717, 1.165) is 15.3 Å². The van der Waals surface area contributed by atoms with Crippen LogP contribution in [-0.4, -0.2) is 31.0 Å². The molecule has 7 nitrogen and oxygen atoms in total. The third kappa shape index (κ3) is 3.41. The largest absolute Gasteiger partial charge is 0.465 e. The van der Waals surface area contributed by atoms with E-state index >= 15 is 0 Å². The van der Waals surface area contributed by atoms with Crippen molar-refractivity contribution >= 4 is 51.4 Å². The third-order valence-corrected chi connectivity index (χ3v) is 7.74. The second kappa shape index (κ2) is 8.54. The van der Waals surface area contributed by atoms with Crippen molar-refractivity contribution in [2.24, 2.45) is 5.92 Å². The lowest BCUT2D eigenvalue weighted by atomic mass is 9.90. The van der Waals surface area contributed by atoms with Crippen LogP contribution in [0.1, 0.15) is 32.4 Å². The molecule has 0 aliphatic carbocycles. The Bertz CT molecular complexity index is 1290. The average Bonchev–Trinajstić information content (AvgIpc) is 3.45. The minimum absolute atomic E-state index is 0.234. The van der Waals surface area contributed by atoms with Crippen LogP contribution in [0.15, 0.2) is 54.6 Å². The molecule has 2 amide bonds. The number of thiophene rings is 1. The Morgan fingerprint density at radius 2 is 1.71 bits per heavy atom. The highest BCUT2D eigenvalue weighted by atomic mass is 35.5. The van der Waals surface area contributed by atoms with Gasteiger partial charge in [0.15, 0.2) is 6.10 Å². The zero-order chi connectivity index (χ0) is 24.1. The van der Waals surface area contributed by atoms with Crippen LogP contribution < -0.4 is 9.96 Å². The van der Waals surface area contributed by atoms with Crippen molar-refractivity contribution in [3.63, 3.8) is 0 Å². The summed E-state index contributed by atoms with van der Waals surface area (Å²) in [6.07, 6.45) is -1.03. The molecule has 0 unspecified atom stereocenters. The monoisotopic (exact) mass is 496 g/mol. The summed E-state index contributed by atoms with van der Waals surface area (Å²) < 4.78 is 4.94. The number of halogens is 1. The zero-order valence-electron chi connectivity index (χ0n) is 18.7. The smallest absolute Gasteiger partial charge is 0.341 e. The minimum Gasteiger partial charge on any atom is -0.465 e. The number of esters is 1. The summed E-state index contributed by atoms with van der Waals surface area (Å²) in [5.74, 6) is -2.29. The van der Waals surface area contributed by atoms with Gasteiger partial charge in [0.1, 0.15) is 10.9 Å². The molecule has 0 spiro atoms. The van der Waals surface area contributed by atoms with Gasteiger partial charge in [-0.1, -0.05) is 41.9 Å². The van der Waals surface area contributed by atoms with Crippen LogP contribution >= 0.6 is 22.9 Å². The number of amides is 2. The van der Waals surface area contributed by atoms with Gasteiger partial charge in [0.05, 0.1) is 24.4 Å². The van der Waals surface area contributed by atoms with E-state index in [-0.39, 0.29) is 10.6 Å². The SMILES string of the molecule is COC(=O)c1c(N2C(=O)[C@@H]3[C@@H](c4ccccc4)N(c4ccc(Cl)cc4)O[C@H]3C2=O)sc(C)c1C. The molecule has 0 bridgehead atoms. The van der Waals surface area contributed by atoms with Gasteiger partial charge in [-0.25, -0.2) is 14.8 Å². The fourth-order valence-corrected chi connectivity index (χ4v) is 5.81. The molecule has 2 aromatic carbocycles. The molecule has 0 radical (unpaired) electrons. The molecular formula is C25H21ClN2O5S. The fraction of sp³-hybridized carbons (Fsp3) is 0.240. The molecule has 2 aliphatic rings. The van der Waals surface area contributed by atoms with Crippen molar-refractivity contribution in [3.05, 3.63) is 81.2 Å². The second-order valence-electron chi connectivity index (χ2n) is 8.18. The molecule has 1 aromatic heterocycles. The lowest BCUT2D eigenvalue weighted by Crippen LogP contribution is -2.37. The zero-order valence-corrected chi connectivity index (χ0v) is 20.2. The van der Waals surface area contributed by atoms with Gasteiger partial charge >= 0.3 is 5.97 Å². The van der Waals surface area contributed by atoms with Gasteiger partial charge in [0.25, 0.3) is 5.91 Å². The lowest BCUT2D eigenvalue weighted by molar-refractivity contribution is -0.126. The van der Waals surface area contributed by atoms with Crippen LogP contribution in [0.3, 0.4) is 0 Å². The number of hydroxylamine groups is 1. The molecule has 0 N–H and O–H groups in total. The molecule has 5 rings (SSSR count). The quantitative estimate of drug-likeness (QED) is 0.379. The van der Waals surface area contributed by atoms with E-state index in [9.17, 15) is 14.4 Å². The number of anilines is 2. The molecule has 2 fully saturated rings. The first-order valence-corrected chi connectivity index (χ1v) is 11.9. The molecule has 3 atom stereocenters.